The average molecular weight is 400 g/mol. The number of halogens is 2. The van der Waals surface area contributed by atoms with Crippen molar-refractivity contribution in [3.63, 3.8) is 0 Å². The molecule has 1 aliphatic heterocycles. The third kappa shape index (κ3) is 4.34. The van der Waals surface area contributed by atoms with Crippen molar-refractivity contribution in [3.8, 4) is 0 Å². The molecule has 0 aromatic heterocycles. The molecule has 1 aliphatic carbocycles. The Balaban J connectivity index is 1.43. The maximum atomic E-state index is 13.4. The van der Waals surface area contributed by atoms with Crippen molar-refractivity contribution in [1.29, 1.82) is 0 Å². The molecule has 0 radical (unpaired) electrons. The minimum atomic E-state index is -0.796. The zero-order valence-corrected chi connectivity index (χ0v) is 16.2. The fraction of sp³-hybridized carbons (Fsp3) is 0.391. The van der Waals surface area contributed by atoms with Crippen molar-refractivity contribution in [2.75, 3.05) is 6.54 Å². The van der Waals surface area contributed by atoms with Crippen LogP contribution in [0.1, 0.15) is 49.1 Å². The van der Waals surface area contributed by atoms with Crippen LogP contribution in [0.15, 0.2) is 59.9 Å². The normalized spacial score (nSPS) is 22.1. The molecule has 2 unspecified atom stereocenters. The van der Waals surface area contributed by atoms with Crippen molar-refractivity contribution in [2.45, 2.75) is 50.3 Å². The molecule has 2 aromatic carbocycles. The SMILES string of the molecule is NC1CCCC2=C1C(O)N(CCCC(c1ccc(F)cc1)c1ccc(F)cc1)O2. The molecule has 2 atom stereocenters. The summed E-state index contributed by atoms with van der Waals surface area (Å²) in [6, 6.07) is 12.7. The van der Waals surface area contributed by atoms with E-state index < -0.39 is 6.23 Å². The van der Waals surface area contributed by atoms with Gasteiger partial charge in [0.15, 0.2) is 6.23 Å². The maximum Gasteiger partial charge on any atom is 0.166 e. The predicted octanol–water partition coefficient (Wildman–Crippen LogP) is 4.21. The van der Waals surface area contributed by atoms with Crippen molar-refractivity contribution in [1.82, 2.24) is 5.06 Å². The number of allylic oxidation sites excluding steroid dienone is 1. The van der Waals surface area contributed by atoms with E-state index in [2.05, 4.69) is 0 Å². The van der Waals surface area contributed by atoms with E-state index in [1.54, 1.807) is 29.3 Å². The zero-order valence-electron chi connectivity index (χ0n) is 16.2. The molecule has 4 nitrogen and oxygen atoms in total. The summed E-state index contributed by atoms with van der Waals surface area (Å²) in [5.74, 6) is 0.243. The van der Waals surface area contributed by atoms with Gasteiger partial charge in [0, 0.05) is 30.5 Å². The Kier molecular flexibility index (Phi) is 5.94. The topological polar surface area (TPSA) is 58.7 Å². The standard InChI is InChI=1S/C23H26F2N2O2/c24-17-10-6-15(7-11-17)19(16-8-12-18(25)13-9-16)3-2-14-27-23(28)22-20(26)4-1-5-21(22)29-27/h6-13,19-20,23,28H,1-5,14,26H2. The lowest BCUT2D eigenvalue weighted by atomic mass is 9.87. The summed E-state index contributed by atoms with van der Waals surface area (Å²) >= 11 is 0. The van der Waals surface area contributed by atoms with Crippen LogP contribution in [0.3, 0.4) is 0 Å². The van der Waals surface area contributed by atoms with E-state index in [0.717, 1.165) is 54.6 Å². The van der Waals surface area contributed by atoms with Gasteiger partial charge in [0.05, 0.1) is 0 Å². The Morgan fingerprint density at radius 2 is 1.62 bits per heavy atom. The number of nitrogens with two attached hydrogens (primary N) is 1. The third-order valence-corrected chi connectivity index (χ3v) is 5.83. The van der Waals surface area contributed by atoms with Gasteiger partial charge in [0.25, 0.3) is 0 Å². The molecule has 2 aliphatic rings. The Hall–Kier alpha value is -2.28. The van der Waals surface area contributed by atoms with Crippen LogP contribution >= 0.6 is 0 Å². The Labute approximate surface area is 169 Å². The van der Waals surface area contributed by atoms with Crippen molar-refractivity contribution >= 4 is 0 Å². The summed E-state index contributed by atoms with van der Waals surface area (Å²) in [6.45, 7) is 0.541. The van der Waals surface area contributed by atoms with Crippen LogP contribution in [0.5, 0.6) is 0 Å². The number of hydroxylamine groups is 2. The highest BCUT2D eigenvalue weighted by Gasteiger charge is 2.38. The smallest absolute Gasteiger partial charge is 0.166 e. The van der Waals surface area contributed by atoms with Crippen LogP contribution in [-0.2, 0) is 4.84 Å². The van der Waals surface area contributed by atoms with Gasteiger partial charge in [0.2, 0.25) is 0 Å². The molecule has 0 spiro atoms. The first-order valence-electron chi connectivity index (χ1n) is 10.1. The third-order valence-electron chi connectivity index (χ3n) is 5.83. The number of hydrogen-bond acceptors (Lipinski definition) is 4. The molecular weight excluding hydrogens is 374 g/mol. The Morgan fingerprint density at radius 1 is 1.03 bits per heavy atom. The molecule has 2 aromatic rings. The fourth-order valence-electron chi connectivity index (χ4n) is 4.30. The predicted molar refractivity (Wildman–Crippen MR) is 107 cm³/mol. The summed E-state index contributed by atoms with van der Waals surface area (Å²) in [6.07, 6.45) is 3.34. The lowest BCUT2D eigenvalue weighted by Gasteiger charge is -2.23. The molecule has 0 amide bonds. The summed E-state index contributed by atoms with van der Waals surface area (Å²) in [7, 11) is 0. The van der Waals surface area contributed by atoms with Crippen LogP contribution in [-0.4, -0.2) is 29.0 Å². The van der Waals surface area contributed by atoms with Crippen LogP contribution in [0.25, 0.3) is 0 Å². The molecule has 6 heteroatoms. The van der Waals surface area contributed by atoms with E-state index >= 15 is 0 Å². The molecule has 0 saturated carbocycles. The highest BCUT2D eigenvalue weighted by atomic mass is 19.1. The van der Waals surface area contributed by atoms with E-state index in [0.29, 0.717) is 6.54 Å². The quantitative estimate of drug-likeness (QED) is 0.763. The summed E-state index contributed by atoms with van der Waals surface area (Å²) in [4.78, 5) is 5.86. The van der Waals surface area contributed by atoms with Gasteiger partial charge in [-0.2, -0.15) is 0 Å². The first-order chi connectivity index (χ1) is 14.0. The van der Waals surface area contributed by atoms with Gasteiger partial charge in [-0.1, -0.05) is 24.3 Å². The van der Waals surface area contributed by atoms with Crippen molar-refractivity contribution in [3.05, 3.63) is 82.6 Å². The van der Waals surface area contributed by atoms with Gasteiger partial charge in [-0.25, -0.2) is 8.78 Å². The second kappa shape index (κ2) is 8.61. The largest absolute Gasteiger partial charge is 0.407 e. The second-order valence-corrected chi connectivity index (χ2v) is 7.78. The molecule has 0 fully saturated rings. The summed E-state index contributed by atoms with van der Waals surface area (Å²) in [5.41, 5.74) is 8.90. The maximum absolute atomic E-state index is 13.4. The lowest BCUT2D eigenvalue weighted by molar-refractivity contribution is -0.174. The number of aliphatic hydroxyl groups is 1. The minimum absolute atomic E-state index is 0.000728. The van der Waals surface area contributed by atoms with E-state index in [-0.39, 0.29) is 23.6 Å². The van der Waals surface area contributed by atoms with Crippen LogP contribution < -0.4 is 5.73 Å². The monoisotopic (exact) mass is 400 g/mol. The number of hydrogen-bond donors (Lipinski definition) is 2. The lowest BCUT2D eigenvalue weighted by Crippen LogP contribution is -2.37. The summed E-state index contributed by atoms with van der Waals surface area (Å²) in [5, 5.41) is 12.2. The van der Waals surface area contributed by atoms with Gasteiger partial charge >= 0.3 is 0 Å². The van der Waals surface area contributed by atoms with Gasteiger partial charge in [-0.05, 0) is 61.1 Å². The average Bonchev–Trinajstić information content (AvgIpc) is 3.04. The van der Waals surface area contributed by atoms with E-state index in [1.807, 2.05) is 0 Å². The highest BCUT2D eigenvalue weighted by Crippen LogP contribution is 2.36. The van der Waals surface area contributed by atoms with Crippen molar-refractivity contribution in [2.24, 2.45) is 5.73 Å². The van der Waals surface area contributed by atoms with Gasteiger partial charge in [-0.3, -0.25) is 0 Å². The molecule has 3 N–H and O–H groups in total. The molecule has 4 rings (SSSR count). The summed E-state index contributed by atoms with van der Waals surface area (Å²) < 4.78 is 26.7. The molecule has 1 heterocycles. The van der Waals surface area contributed by atoms with Crippen LogP contribution in [0.2, 0.25) is 0 Å². The number of benzene rings is 2. The Bertz CT molecular complexity index is 822. The Morgan fingerprint density at radius 3 is 2.17 bits per heavy atom. The van der Waals surface area contributed by atoms with Gasteiger partial charge < -0.3 is 15.7 Å². The minimum Gasteiger partial charge on any atom is -0.407 e. The van der Waals surface area contributed by atoms with E-state index in [1.165, 1.54) is 24.3 Å². The van der Waals surface area contributed by atoms with E-state index in [4.69, 9.17) is 10.6 Å². The number of aliphatic hydroxyl groups excluding tert-OH is 1. The zero-order chi connectivity index (χ0) is 20.4. The first-order valence-corrected chi connectivity index (χ1v) is 10.1. The van der Waals surface area contributed by atoms with Crippen LogP contribution in [0.4, 0.5) is 8.78 Å². The molecule has 0 bridgehead atoms. The van der Waals surface area contributed by atoms with Crippen molar-refractivity contribution < 1.29 is 18.7 Å². The number of rotatable bonds is 6. The second-order valence-electron chi connectivity index (χ2n) is 7.78. The van der Waals surface area contributed by atoms with E-state index in [9.17, 15) is 13.9 Å². The molecule has 29 heavy (non-hydrogen) atoms. The molecular formula is C23H26F2N2O2. The fourth-order valence-corrected chi connectivity index (χ4v) is 4.30. The first kappa shape index (κ1) is 20.0. The molecule has 0 saturated heterocycles. The van der Waals surface area contributed by atoms with Crippen LogP contribution in [0, 0.1) is 11.6 Å². The van der Waals surface area contributed by atoms with Gasteiger partial charge in [-0.15, -0.1) is 5.06 Å². The highest BCUT2D eigenvalue weighted by molar-refractivity contribution is 5.33. The molecule has 154 valence electrons. The number of nitrogens with zero attached hydrogens (tertiary/aromatic N) is 1. The van der Waals surface area contributed by atoms with Gasteiger partial charge in [0.1, 0.15) is 17.4 Å².